The summed E-state index contributed by atoms with van der Waals surface area (Å²) in [4.78, 5) is 20.5. The largest absolute Gasteiger partial charge is 0.472 e. The zero-order valence-corrected chi connectivity index (χ0v) is 49.6. The summed E-state index contributed by atoms with van der Waals surface area (Å²) >= 11 is 0. The van der Waals surface area contributed by atoms with Crippen LogP contribution in [0.1, 0.15) is 84.0 Å². The van der Waals surface area contributed by atoms with E-state index in [1.807, 2.05) is 0 Å². The van der Waals surface area contributed by atoms with Crippen molar-refractivity contribution >= 4 is 15.6 Å². The molecule has 6 radical (unpaired) electrons. The second-order valence-electron chi connectivity index (χ2n) is 11.2. The van der Waals surface area contributed by atoms with Gasteiger partial charge in [0, 0.05) is 210 Å². The summed E-state index contributed by atoms with van der Waals surface area (Å²) in [7, 11) is -8.16. The molecular formula is C31H60O11P2Y6-6. The standard InChI is InChI=1S/C31H60O11P2.6Y/c1-9-16-30(17-10-2,18-11-3)26-38-23-28(22-37-15-7)42-44(34,35)40-25-29(41-43(32,33)36-8)24-39-27-31(19-12-4,20-13-5)21-14-6;;;;;;/h28-29H,1-6,9-27H2,7-8H3,(H,32,33)(H,34,35);;;;;;/q-6;;;;;;. The van der Waals surface area contributed by atoms with Crippen LogP contribution in [0.15, 0.2) is 0 Å². The summed E-state index contributed by atoms with van der Waals surface area (Å²) in [5.74, 6) is 0. The molecular weight excluding hydrogens is 1140 g/mol. The molecule has 0 amide bonds. The van der Waals surface area contributed by atoms with E-state index in [1.54, 1.807) is 6.92 Å². The molecule has 0 aromatic carbocycles. The van der Waals surface area contributed by atoms with Crippen LogP contribution in [0.3, 0.4) is 0 Å². The van der Waals surface area contributed by atoms with E-state index in [1.165, 1.54) is 0 Å². The second kappa shape index (κ2) is 42.4. The molecule has 0 saturated carbocycles. The molecule has 0 aliphatic carbocycles. The minimum Gasteiger partial charge on any atom is -0.379 e. The van der Waals surface area contributed by atoms with Crippen molar-refractivity contribution in [3.8, 4) is 0 Å². The van der Waals surface area contributed by atoms with E-state index < -0.39 is 34.5 Å². The fraction of sp³-hybridized carbons (Fsp3) is 0.806. The van der Waals surface area contributed by atoms with Crippen LogP contribution in [0, 0.1) is 52.4 Å². The quantitative estimate of drug-likeness (QED) is 0.0533. The van der Waals surface area contributed by atoms with Gasteiger partial charge in [-0.2, -0.15) is 38.5 Å². The number of phosphoric ester groups is 2. The molecule has 0 saturated heterocycles. The van der Waals surface area contributed by atoms with E-state index in [2.05, 4.69) is 46.1 Å². The van der Waals surface area contributed by atoms with Crippen LogP contribution >= 0.6 is 15.6 Å². The SMILES string of the molecule is [CH2-]CCC(CC[CH2-])(CC[CH2-])COCC(COP(=O)(O)OC(COCC)COCC(CC[CH2-])(CC[CH2-])CC[CH2-])OP(=O)(O)OC.[Y].[Y].[Y].[Y].[Y].[Y]. The third kappa shape index (κ3) is 34.4. The van der Waals surface area contributed by atoms with Crippen molar-refractivity contribution in [1.82, 2.24) is 0 Å². The van der Waals surface area contributed by atoms with Crippen LogP contribution in [-0.2, 0) is 238 Å². The maximum absolute atomic E-state index is 13.0. The number of hydrogen-bond donors (Lipinski definition) is 2. The predicted molar refractivity (Wildman–Crippen MR) is 173 cm³/mol. The van der Waals surface area contributed by atoms with Gasteiger partial charge >= 0.3 is 15.6 Å². The smallest absolute Gasteiger partial charge is 0.379 e. The van der Waals surface area contributed by atoms with E-state index in [0.717, 1.165) is 64.9 Å². The molecule has 0 aliphatic heterocycles. The number of phosphoric acid groups is 2. The molecule has 284 valence electrons. The van der Waals surface area contributed by atoms with Gasteiger partial charge in [0.05, 0.1) is 39.6 Å². The Morgan fingerprint density at radius 3 is 1.14 bits per heavy atom. The Balaban J connectivity index is -0.000000616. The topological polar surface area (TPSA) is 139 Å². The molecule has 0 aromatic heterocycles. The van der Waals surface area contributed by atoms with Gasteiger partial charge in [-0.15, -0.1) is 0 Å². The summed E-state index contributed by atoms with van der Waals surface area (Å²) in [6.45, 7) is 25.9. The van der Waals surface area contributed by atoms with Crippen molar-refractivity contribution in [1.29, 1.82) is 0 Å². The van der Waals surface area contributed by atoms with Gasteiger partial charge in [0.25, 0.3) is 0 Å². The summed E-state index contributed by atoms with van der Waals surface area (Å²) in [6.07, 6.45) is 7.07. The van der Waals surface area contributed by atoms with Gasteiger partial charge in [-0.1, -0.05) is 38.5 Å². The van der Waals surface area contributed by atoms with Gasteiger partial charge in [0.2, 0.25) is 0 Å². The summed E-state index contributed by atoms with van der Waals surface area (Å²) < 4.78 is 62.9. The molecule has 11 nitrogen and oxygen atoms in total. The average molecular weight is 1200 g/mol. The van der Waals surface area contributed by atoms with Crippen LogP contribution in [-0.4, -0.2) is 75.4 Å². The van der Waals surface area contributed by atoms with E-state index >= 15 is 0 Å². The van der Waals surface area contributed by atoms with Gasteiger partial charge in [0.1, 0.15) is 12.2 Å². The normalized spacial score (nSPS) is 14.8. The van der Waals surface area contributed by atoms with Gasteiger partial charge in [-0.05, 0) is 17.8 Å². The Hall–Kier alpha value is 6.72. The van der Waals surface area contributed by atoms with Crippen LogP contribution in [0.25, 0.3) is 0 Å². The first-order valence-electron chi connectivity index (χ1n) is 15.6. The van der Waals surface area contributed by atoms with Crippen molar-refractivity contribution in [2.75, 3.05) is 53.4 Å². The van der Waals surface area contributed by atoms with E-state index in [4.69, 9.17) is 27.8 Å². The van der Waals surface area contributed by atoms with Crippen LogP contribution < -0.4 is 0 Å². The maximum Gasteiger partial charge on any atom is 0.472 e. The molecule has 2 N–H and O–H groups in total. The molecule has 0 aromatic rings. The Morgan fingerprint density at radius 2 is 0.840 bits per heavy atom. The third-order valence-electron chi connectivity index (χ3n) is 7.39. The Labute approximate surface area is 456 Å². The van der Waals surface area contributed by atoms with Crippen LogP contribution in [0.5, 0.6) is 0 Å². The van der Waals surface area contributed by atoms with Crippen molar-refractivity contribution in [2.24, 2.45) is 10.8 Å². The maximum atomic E-state index is 13.0. The van der Waals surface area contributed by atoms with Gasteiger partial charge < -0.3 is 65.5 Å². The molecule has 0 aliphatic rings. The first-order valence-corrected chi connectivity index (χ1v) is 18.6. The summed E-state index contributed by atoms with van der Waals surface area (Å²) in [5.41, 5.74) is -0.354. The minimum absolute atomic E-state index is 0. The van der Waals surface area contributed by atoms with Gasteiger partial charge in [0.15, 0.2) is 0 Å². The molecule has 0 spiro atoms. The van der Waals surface area contributed by atoms with Gasteiger partial charge in [-0.25, -0.2) is 9.13 Å². The van der Waals surface area contributed by atoms with Crippen molar-refractivity contribution in [3.63, 3.8) is 0 Å². The fourth-order valence-corrected chi connectivity index (χ4v) is 6.84. The number of hydrogen-bond acceptors (Lipinski definition) is 9. The molecule has 0 fully saturated rings. The Bertz CT molecular complexity index is 791. The van der Waals surface area contributed by atoms with Crippen molar-refractivity contribution in [3.05, 3.63) is 41.5 Å². The minimum atomic E-state index is -4.69. The predicted octanol–water partition coefficient (Wildman–Crippen LogP) is 7.33. The third-order valence-corrected chi connectivity index (χ3v) is 9.46. The Kier molecular flexibility index (Phi) is 60.4. The average Bonchev–Trinajstić information content (AvgIpc) is 2.95. The fourth-order valence-electron chi connectivity index (χ4n) is 5.34. The van der Waals surface area contributed by atoms with Crippen LogP contribution in [0.2, 0.25) is 0 Å². The Morgan fingerprint density at radius 1 is 0.540 bits per heavy atom. The molecule has 0 heterocycles. The van der Waals surface area contributed by atoms with Crippen molar-refractivity contribution < 1.29 is 247 Å². The van der Waals surface area contributed by atoms with E-state index in [-0.39, 0.29) is 227 Å². The zero-order valence-electron chi connectivity index (χ0n) is 30.8. The van der Waals surface area contributed by atoms with Crippen molar-refractivity contribution in [2.45, 2.75) is 96.2 Å². The molecule has 50 heavy (non-hydrogen) atoms. The van der Waals surface area contributed by atoms with E-state index in [0.29, 0.717) is 39.1 Å². The second-order valence-corrected chi connectivity index (χ2v) is 14.1. The number of ether oxygens (including phenoxy) is 3. The monoisotopic (exact) mass is 1200 g/mol. The number of rotatable bonds is 31. The molecule has 0 rings (SSSR count). The molecule has 4 unspecified atom stereocenters. The van der Waals surface area contributed by atoms with E-state index in [9.17, 15) is 18.9 Å². The first-order chi connectivity index (χ1) is 20.8. The summed E-state index contributed by atoms with van der Waals surface area (Å²) in [6, 6.07) is 0. The summed E-state index contributed by atoms with van der Waals surface area (Å²) in [5, 5.41) is 0. The molecule has 4 atom stereocenters. The molecule has 0 bridgehead atoms. The zero-order chi connectivity index (χ0) is 33.5. The van der Waals surface area contributed by atoms with Gasteiger partial charge in [-0.3, -0.25) is 18.1 Å². The van der Waals surface area contributed by atoms with Crippen LogP contribution in [0.4, 0.5) is 0 Å². The first kappa shape index (κ1) is 71.2. The molecule has 19 heteroatoms.